The van der Waals surface area contributed by atoms with E-state index in [0.717, 1.165) is 0 Å². The smallest absolute Gasteiger partial charge is 0.414 e. The Balaban J connectivity index is 1.66. The molecule has 2 fully saturated rings. The van der Waals surface area contributed by atoms with Gasteiger partial charge in [-0.3, -0.25) is 4.90 Å². The number of anilines is 2. The number of hydrogen-bond donors (Lipinski definition) is 1. The van der Waals surface area contributed by atoms with Crippen molar-refractivity contribution < 1.29 is 28.2 Å². The van der Waals surface area contributed by atoms with E-state index in [0.29, 0.717) is 12.5 Å². The summed E-state index contributed by atoms with van der Waals surface area (Å²) in [7, 11) is 0. The van der Waals surface area contributed by atoms with Gasteiger partial charge in [0.1, 0.15) is 18.1 Å². The Morgan fingerprint density at radius 3 is 2.75 bits per heavy atom. The number of hydrogen-bond acceptors (Lipinski definition) is 5. The molecule has 0 aromatic heterocycles. The van der Waals surface area contributed by atoms with Crippen molar-refractivity contribution in [3.63, 3.8) is 0 Å². The Kier molecular flexibility index (Phi) is 7.38. The number of nitriles is 1. The van der Waals surface area contributed by atoms with Crippen LogP contribution in [0.2, 0.25) is 0 Å². The van der Waals surface area contributed by atoms with Gasteiger partial charge in [0.2, 0.25) is 0 Å². The van der Waals surface area contributed by atoms with Crippen LogP contribution in [0.15, 0.2) is 18.2 Å². The summed E-state index contributed by atoms with van der Waals surface area (Å²) in [6.07, 6.45) is -2.19. The Morgan fingerprint density at radius 2 is 2.16 bits per heavy atom. The third-order valence-electron chi connectivity index (χ3n) is 5.38. The molecule has 32 heavy (non-hydrogen) atoms. The first-order valence-corrected chi connectivity index (χ1v) is 10.4. The van der Waals surface area contributed by atoms with Gasteiger partial charge in [0.25, 0.3) is 0 Å². The minimum absolute atomic E-state index is 0.00510. The topological polar surface area (TPSA) is 97.1 Å². The van der Waals surface area contributed by atoms with Crippen molar-refractivity contribution in [2.24, 2.45) is 5.92 Å². The number of benzene rings is 1. The van der Waals surface area contributed by atoms with Crippen LogP contribution in [0, 0.1) is 35.4 Å². The highest BCUT2D eigenvalue weighted by Gasteiger charge is 2.36. The Hall–Kier alpha value is -3.09. The predicted molar refractivity (Wildman–Crippen MR) is 113 cm³/mol. The molecular formula is C22H26F2N4O4. The van der Waals surface area contributed by atoms with Crippen LogP contribution in [0.25, 0.3) is 0 Å². The predicted octanol–water partition coefficient (Wildman–Crippen LogP) is 3.64. The monoisotopic (exact) mass is 448 g/mol. The maximum absolute atomic E-state index is 14.8. The average Bonchev–Trinajstić information content (AvgIpc) is 3.09. The summed E-state index contributed by atoms with van der Waals surface area (Å²) >= 11 is 0. The van der Waals surface area contributed by atoms with Crippen LogP contribution in [0.4, 0.5) is 29.7 Å². The highest BCUT2D eigenvalue weighted by molar-refractivity contribution is 5.90. The van der Waals surface area contributed by atoms with E-state index >= 15 is 0 Å². The maximum atomic E-state index is 14.8. The second kappa shape index (κ2) is 10.0. The second-order valence-electron chi connectivity index (χ2n) is 8.32. The van der Waals surface area contributed by atoms with E-state index in [9.17, 15) is 23.5 Å². The molecule has 0 saturated carbocycles. The maximum Gasteiger partial charge on any atom is 0.414 e. The van der Waals surface area contributed by atoms with Crippen molar-refractivity contribution >= 4 is 23.6 Å². The van der Waals surface area contributed by atoms with Crippen LogP contribution in [0.3, 0.4) is 0 Å². The average molecular weight is 448 g/mol. The molecule has 2 unspecified atom stereocenters. The molecule has 2 amide bonds. The zero-order valence-corrected chi connectivity index (χ0v) is 18.0. The Labute approximate surface area is 185 Å². The molecular weight excluding hydrogens is 422 g/mol. The van der Waals surface area contributed by atoms with E-state index in [1.807, 2.05) is 19.9 Å². The lowest BCUT2D eigenvalue weighted by Gasteiger charge is -2.35. The number of halogens is 2. The van der Waals surface area contributed by atoms with Crippen molar-refractivity contribution in [1.29, 1.82) is 5.26 Å². The molecule has 2 atom stereocenters. The van der Waals surface area contributed by atoms with Crippen LogP contribution >= 0.6 is 0 Å². The fraction of sp³-hybridized carbons (Fsp3) is 0.500. The molecule has 2 saturated heterocycles. The first-order valence-electron chi connectivity index (χ1n) is 10.4. The molecule has 10 heteroatoms. The molecule has 1 aromatic carbocycles. The number of ether oxygens (including phenoxy) is 1. The van der Waals surface area contributed by atoms with Crippen molar-refractivity contribution in [2.45, 2.75) is 32.5 Å². The van der Waals surface area contributed by atoms with E-state index in [-0.39, 0.29) is 49.9 Å². The second-order valence-corrected chi connectivity index (χ2v) is 8.32. The lowest BCUT2D eigenvalue weighted by molar-refractivity contribution is 0.0924. The van der Waals surface area contributed by atoms with Crippen molar-refractivity contribution in [1.82, 2.24) is 4.90 Å². The number of carbonyl (C=O) groups is 2. The molecule has 0 bridgehead atoms. The third-order valence-corrected chi connectivity index (χ3v) is 5.38. The van der Waals surface area contributed by atoms with Gasteiger partial charge < -0.3 is 19.6 Å². The summed E-state index contributed by atoms with van der Waals surface area (Å²) in [5.74, 6) is -0.0972. The van der Waals surface area contributed by atoms with E-state index in [4.69, 9.17) is 10.00 Å². The normalized spacial score (nSPS) is 21.6. The number of carboxylic acid groups (broad SMARTS) is 1. The van der Waals surface area contributed by atoms with Gasteiger partial charge in [-0.2, -0.15) is 5.26 Å². The summed E-state index contributed by atoms with van der Waals surface area (Å²) in [5.41, 5.74) is 0.473. The molecule has 3 rings (SSSR count). The Bertz CT molecular complexity index is 891. The Morgan fingerprint density at radius 1 is 1.41 bits per heavy atom. The van der Waals surface area contributed by atoms with Gasteiger partial charge in [-0.25, -0.2) is 18.4 Å². The minimum Gasteiger partial charge on any atom is -0.465 e. The van der Waals surface area contributed by atoms with Crippen LogP contribution in [-0.4, -0.2) is 67.2 Å². The van der Waals surface area contributed by atoms with Gasteiger partial charge in [0.15, 0.2) is 0 Å². The van der Waals surface area contributed by atoms with E-state index < -0.39 is 30.3 Å². The van der Waals surface area contributed by atoms with Crippen LogP contribution in [0.5, 0.6) is 0 Å². The van der Waals surface area contributed by atoms with Crippen LogP contribution in [0.1, 0.15) is 20.3 Å². The van der Waals surface area contributed by atoms with Gasteiger partial charge in [-0.15, -0.1) is 0 Å². The van der Waals surface area contributed by atoms with Crippen LogP contribution < -0.4 is 9.80 Å². The zero-order chi connectivity index (χ0) is 23.4. The molecule has 0 aliphatic carbocycles. The largest absolute Gasteiger partial charge is 0.465 e. The summed E-state index contributed by atoms with van der Waals surface area (Å²) in [4.78, 5) is 27.7. The summed E-state index contributed by atoms with van der Waals surface area (Å²) in [5, 5.41) is 18.1. The van der Waals surface area contributed by atoms with E-state index in [1.54, 1.807) is 12.5 Å². The lowest BCUT2D eigenvalue weighted by Crippen LogP contribution is -2.41. The number of alkyl halides is 1. The standard InChI is InChI=1S/C22H26F2N4O4/c1-14(2)10-27(21(29)30)11-17-12-28(22(31)32-17)16-3-4-20(18(23)9-16)26-8-6-15(5-7-25)19(24)13-26/h3-4,6,9,14,17,19H,5,8,10-13H2,1-2H3,(H,29,30). The number of carbonyl (C=O) groups excluding carboxylic acids is 1. The number of amides is 2. The molecule has 1 N–H and O–H groups in total. The lowest BCUT2D eigenvalue weighted by atomic mass is 9.92. The molecule has 1 aromatic rings. The van der Waals surface area contributed by atoms with Crippen molar-refractivity contribution in [3.8, 4) is 6.07 Å². The van der Waals surface area contributed by atoms with Gasteiger partial charge in [-0.05, 0) is 30.5 Å². The molecule has 2 radical (unpaired) electrons. The van der Waals surface area contributed by atoms with Crippen LogP contribution in [-0.2, 0) is 4.74 Å². The molecule has 2 aliphatic heterocycles. The zero-order valence-electron chi connectivity index (χ0n) is 18.0. The van der Waals surface area contributed by atoms with E-state index in [2.05, 4.69) is 0 Å². The molecule has 0 spiro atoms. The van der Waals surface area contributed by atoms with Gasteiger partial charge in [0, 0.05) is 32.0 Å². The highest BCUT2D eigenvalue weighted by Crippen LogP contribution is 2.32. The van der Waals surface area contributed by atoms with Gasteiger partial charge >= 0.3 is 12.2 Å². The molecule has 172 valence electrons. The molecule has 2 heterocycles. The quantitative estimate of drug-likeness (QED) is 0.684. The minimum atomic E-state index is -1.35. The summed E-state index contributed by atoms with van der Waals surface area (Å²) in [6, 6.07) is 6.13. The van der Waals surface area contributed by atoms with E-state index in [1.165, 1.54) is 26.8 Å². The fourth-order valence-corrected chi connectivity index (χ4v) is 3.88. The summed E-state index contributed by atoms with van der Waals surface area (Å²) in [6.45, 7) is 4.43. The van der Waals surface area contributed by atoms with Crippen molar-refractivity contribution in [2.75, 3.05) is 42.5 Å². The first kappa shape index (κ1) is 23.6. The SMILES string of the molecule is CC(C)CN(CC1CN(c2ccc(N3C[CH][C](CC#N)C(F)C3)c(F)c2)C(=O)O1)C(=O)O. The number of piperidine rings is 1. The first-order chi connectivity index (χ1) is 15.2. The fourth-order valence-electron chi connectivity index (χ4n) is 3.88. The number of nitrogens with zero attached hydrogens (tertiary/aromatic N) is 4. The molecule has 8 nitrogen and oxygen atoms in total. The number of cyclic esters (lactones) is 1. The summed E-state index contributed by atoms with van der Waals surface area (Å²) < 4.78 is 34.4. The highest BCUT2D eigenvalue weighted by atomic mass is 19.1. The number of rotatable bonds is 7. The van der Waals surface area contributed by atoms with Gasteiger partial charge in [0.05, 0.1) is 30.5 Å². The third kappa shape index (κ3) is 5.39. The van der Waals surface area contributed by atoms with Gasteiger partial charge in [-0.1, -0.05) is 13.8 Å². The van der Waals surface area contributed by atoms with Crippen molar-refractivity contribution in [3.05, 3.63) is 36.4 Å². The molecule has 2 aliphatic rings.